The fraction of sp³-hybridized carbons (Fsp3) is 0.421. The number of carbonyl (C=O) groups is 1. The summed E-state index contributed by atoms with van der Waals surface area (Å²) in [4.78, 5) is 14.0. The van der Waals surface area contributed by atoms with E-state index in [0.29, 0.717) is 23.9 Å². The molecule has 3 N–H and O–H groups in total. The molecule has 1 fully saturated rings. The molecule has 1 saturated heterocycles. The fourth-order valence-corrected chi connectivity index (χ4v) is 4.46. The Labute approximate surface area is 159 Å². The van der Waals surface area contributed by atoms with Crippen molar-refractivity contribution in [2.45, 2.75) is 37.2 Å². The molecule has 3 rings (SSSR count). The number of benzene rings is 1. The molecule has 0 saturated carbocycles. The third-order valence-electron chi connectivity index (χ3n) is 5.03. The van der Waals surface area contributed by atoms with Crippen LogP contribution >= 0.6 is 0 Å². The molecule has 146 valence electrons. The van der Waals surface area contributed by atoms with E-state index in [2.05, 4.69) is 17.0 Å². The maximum absolute atomic E-state index is 12.3. The summed E-state index contributed by atoms with van der Waals surface area (Å²) < 4.78 is 32.2. The average Bonchev–Trinajstić information content (AvgIpc) is 3.36. The quantitative estimate of drug-likeness (QED) is 0.612. The fourth-order valence-electron chi connectivity index (χ4n) is 3.46. The highest BCUT2D eigenvalue weighted by Crippen LogP contribution is 2.12. The van der Waals surface area contributed by atoms with E-state index in [1.807, 2.05) is 0 Å². The predicted octanol–water partition coefficient (Wildman–Crippen LogP) is 0.555. The van der Waals surface area contributed by atoms with Gasteiger partial charge in [-0.1, -0.05) is 0 Å². The Morgan fingerprint density at radius 2 is 2.04 bits per heavy atom. The summed E-state index contributed by atoms with van der Waals surface area (Å²) in [6, 6.07) is 9.82. The van der Waals surface area contributed by atoms with Crippen LogP contribution in [0, 0.1) is 0 Å². The first-order valence-corrected chi connectivity index (χ1v) is 10.7. The summed E-state index contributed by atoms with van der Waals surface area (Å²) >= 11 is 0. The number of likely N-dealkylation sites (tertiary alicyclic amines) is 1. The first-order valence-electron chi connectivity index (χ1n) is 9.24. The summed E-state index contributed by atoms with van der Waals surface area (Å²) in [5, 5.41) is 2.97. The minimum atomic E-state index is -3.66. The van der Waals surface area contributed by atoms with Gasteiger partial charge in [-0.3, -0.25) is 4.79 Å². The maximum atomic E-state index is 12.3. The van der Waals surface area contributed by atoms with E-state index < -0.39 is 10.0 Å². The van der Waals surface area contributed by atoms with Gasteiger partial charge in [-0.2, -0.15) is 0 Å². The monoisotopic (exact) mass is 392 g/mol. The zero-order valence-corrected chi connectivity index (χ0v) is 16.2. The Morgan fingerprint density at radius 1 is 1.26 bits per heavy atom. The number of furan rings is 1. The molecule has 0 aliphatic carbocycles. The molecule has 0 radical (unpaired) electrons. The Kier molecular flexibility index (Phi) is 6.30. The van der Waals surface area contributed by atoms with Crippen LogP contribution < -0.4 is 14.9 Å². The number of hydrogen-bond acceptors (Lipinski definition) is 4. The lowest BCUT2D eigenvalue weighted by Crippen LogP contribution is -3.14. The van der Waals surface area contributed by atoms with E-state index in [4.69, 9.17) is 4.42 Å². The van der Waals surface area contributed by atoms with E-state index in [-0.39, 0.29) is 17.3 Å². The number of amides is 1. The van der Waals surface area contributed by atoms with Gasteiger partial charge in [0, 0.05) is 18.4 Å². The van der Waals surface area contributed by atoms with Crippen molar-refractivity contribution >= 4 is 15.9 Å². The van der Waals surface area contributed by atoms with E-state index >= 15 is 0 Å². The lowest BCUT2D eigenvalue weighted by Gasteiger charge is -2.20. The highest BCUT2D eigenvalue weighted by molar-refractivity contribution is 7.89. The van der Waals surface area contributed by atoms with Gasteiger partial charge >= 0.3 is 0 Å². The lowest BCUT2D eigenvalue weighted by molar-refractivity contribution is -0.909. The molecule has 1 aromatic heterocycles. The normalized spacial score (nSPS) is 19.9. The van der Waals surface area contributed by atoms with Crippen LogP contribution in [0.25, 0.3) is 0 Å². The predicted molar refractivity (Wildman–Crippen MR) is 101 cm³/mol. The minimum Gasteiger partial charge on any atom is -0.468 e. The number of likely N-dealkylation sites (N-methyl/N-ethyl adjacent to an activating group) is 1. The van der Waals surface area contributed by atoms with Gasteiger partial charge in [-0.05, 0) is 43.3 Å². The third-order valence-corrected chi connectivity index (χ3v) is 6.45. The van der Waals surface area contributed by atoms with Crippen molar-refractivity contribution in [1.82, 2.24) is 10.0 Å². The number of nitrogens with one attached hydrogen (secondary N) is 3. The second kappa shape index (κ2) is 8.69. The van der Waals surface area contributed by atoms with Crippen LogP contribution in [0.5, 0.6) is 0 Å². The zero-order valence-electron chi connectivity index (χ0n) is 15.4. The molecule has 7 nitrogen and oxygen atoms in total. The number of carbonyl (C=O) groups excluding carboxylic acids is 1. The molecule has 2 heterocycles. The van der Waals surface area contributed by atoms with Gasteiger partial charge in [-0.25, -0.2) is 13.1 Å². The van der Waals surface area contributed by atoms with Crippen molar-refractivity contribution in [2.24, 2.45) is 0 Å². The molecular formula is C19H26N3O4S+. The van der Waals surface area contributed by atoms with Gasteiger partial charge in [0.1, 0.15) is 11.8 Å². The Hall–Kier alpha value is -2.16. The summed E-state index contributed by atoms with van der Waals surface area (Å²) in [6.45, 7) is 5.11. The second-order valence-corrected chi connectivity index (χ2v) is 8.51. The van der Waals surface area contributed by atoms with Gasteiger partial charge in [-0.15, -0.1) is 0 Å². The van der Waals surface area contributed by atoms with Crippen molar-refractivity contribution in [3.63, 3.8) is 0 Å². The number of hydrogen-bond donors (Lipinski definition) is 3. The molecule has 27 heavy (non-hydrogen) atoms. The number of quaternary nitrogens is 1. The molecule has 8 heteroatoms. The summed E-state index contributed by atoms with van der Waals surface area (Å²) in [6.07, 6.45) is 3.81. The van der Waals surface area contributed by atoms with Crippen molar-refractivity contribution < 1.29 is 22.5 Å². The highest BCUT2D eigenvalue weighted by atomic mass is 32.2. The Morgan fingerprint density at radius 3 is 2.70 bits per heavy atom. The first kappa shape index (κ1) is 19.6. The first-order chi connectivity index (χ1) is 13.0. The molecular weight excluding hydrogens is 366 g/mol. The molecule has 0 bridgehead atoms. The van der Waals surface area contributed by atoms with Crippen LogP contribution in [-0.2, 0) is 16.6 Å². The van der Waals surface area contributed by atoms with Crippen molar-refractivity contribution in [3.8, 4) is 0 Å². The SMILES string of the molecule is CC[NH+]1CCC[C@H]1CNC(=O)c1ccc(S(=O)(=O)NCc2ccco2)cc1. The highest BCUT2D eigenvalue weighted by Gasteiger charge is 2.27. The van der Waals surface area contributed by atoms with Gasteiger partial charge in [0.2, 0.25) is 10.0 Å². The summed E-state index contributed by atoms with van der Waals surface area (Å²) in [7, 11) is -3.66. The largest absolute Gasteiger partial charge is 0.468 e. The van der Waals surface area contributed by atoms with Crippen LogP contribution in [0.15, 0.2) is 52.0 Å². The van der Waals surface area contributed by atoms with E-state index in [0.717, 1.165) is 19.5 Å². The zero-order chi connectivity index (χ0) is 19.3. The molecule has 2 atom stereocenters. The molecule has 1 unspecified atom stereocenters. The smallest absolute Gasteiger partial charge is 0.251 e. The van der Waals surface area contributed by atoms with Crippen LogP contribution in [-0.4, -0.2) is 40.0 Å². The van der Waals surface area contributed by atoms with Gasteiger partial charge in [0.05, 0.1) is 37.3 Å². The van der Waals surface area contributed by atoms with Crippen LogP contribution in [0.4, 0.5) is 0 Å². The average molecular weight is 393 g/mol. The van der Waals surface area contributed by atoms with E-state index in [1.54, 1.807) is 12.1 Å². The second-order valence-electron chi connectivity index (χ2n) is 6.74. The van der Waals surface area contributed by atoms with Crippen LogP contribution in [0.2, 0.25) is 0 Å². The molecule has 2 aromatic rings. The van der Waals surface area contributed by atoms with E-state index in [1.165, 1.54) is 41.8 Å². The lowest BCUT2D eigenvalue weighted by atomic mass is 10.2. The van der Waals surface area contributed by atoms with Crippen LogP contribution in [0.1, 0.15) is 35.9 Å². The molecule has 1 amide bonds. The number of rotatable bonds is 8. The van der Waals surface area contributed by atoms with Gasteiger partial charge in [0.25, 0.3) is 5.91 Å². The minimum absolute atomic E-state index is 0.0786. The Bertz CT molecular complexity index is 848. The maximum Gasteiger partial charge on any atom is 0.251 e. The van der Waals surface area contributed by atoms with Gasteiger partial charge in [0.15, 0.2) is 0 Å². The number of sulfonamides is 1. The molecule has 1 aromatic carbocycles. The summed E-state index contributed by atoms with van der Waals surface area (Å²) in [5.41, 5.74) is 0.455. The standard InChI is InChI=1S/C19H25N3O4S/c1-2-22-11-3-5-16(22)13-20-19(23)15-7-9-18(10-8-15)27(24,25)21-14-17-6-4-12-26-17/h4,6-10,12,16,21H,2-3,5,11,13-14H2,1H3,(H,20,23)/p+1/t16-/m0/s1. The van der Waals surface area contributed by atoms with Crippen LogP contribution in [0.3, 0.4) is 0 Å². The Balaban J connectivity index is 1.56. The van der Waals surface area contributed by atoms with Crippen molar-refractivity contribution in [2.75, 3.05) is 19.6 Å². The molecule has 0 spiro atoms. The third kappa shape index (κ3) is 4.97. The van der Waals surface area contributed by atoms with Crippen molar-refractivity contribution in [1.29, 1.82) is 0 Å². The van der Waals surface area contributed by atoms with E-state index in [9.17, 15) is 13.2 Å². The van der Waals surface area contributed by atoms with Gasteiger partial charge < -0.3 is 14.6 Å². The topological polar surface area (TPSA) is 92.9 Å². The molecule has 1 aliphatic heterocycles. The van der Waals surface area contributed by atoms with Crippen molar-refractivity contribution in [3.05, 3.63) is 54.0 Å². The summed E-state index contributed by atoms with van der Waals surface area (Å²) in [5.74, 6) is 0.356. The molecule has 1 aliphatic rings.